The summed E-state index contributed by atoms with van der Waals surface area (Å²) in [5.41, 5.74) is 3.79. The van der Waals surface area contributed by atoms with Gasteiger partial charge in [0.05, 0.1) is 23.0 Å². The minimum Gasteiger partial charge on any atom is -0.361 e. The number of aryl methyl sites for hydroxylation is 3. The Morgan fingerprint density at radius 3 is 2.81 bits per heavy atom. The van der Waals surface area contributed by atoms with Gasteiger partial charge in [0.15, 0.2) is 5.82 Å². The van der Waals surface area contributed by atoms with Crippen LogP contribution in [0, 0.1) is 20.8 Å². The zero-order valence-electron chi connectivity index (χ0n) is 15.7. The van der Waals surface area contributed by atoms with Crippen LogP contribution in [0.15, 0.2) is 22.9 Å². The maximum absolute atomic E-state index is 12.9. The summed E-state index contributed by atoms with van der Waals surface area (Å²) in [5.74, 6) is 1.24. The Labute approximate surface area is 157 Å². The highest BCUT2D eigenvalue weighted by Crippen LogP contribution is 2.33. The summed E-state index contributed by atoms with van der Waals surface area (Å²) in [7, 11) is 0. The van der Waals surface area contributed by atoms with E-state index < -0.39 is 0 Å². The van der Waals surface area contributed by atoms with E-state index in [1.807, 2.05) is 31.7 Å². The van der Waals surface area contributed by atoms with Crippen LogP contribution in [0.2, 0.25) is 0 Å². The van der Waals surface area contributed by atoms with Gasteiger partial charge in [-0.05, 0) is 52.2 Å². The molecular weight excluding hydrogens is 344 g/mol. The molecule has 0 spiro atoms. The highest BCUT2D eigenvalue weighted by Gasteiger charge is 2.31. The van der Waals surface area contributed by atoms with Crippen LogP contribution in [0.25, 0.3) is 11.4 Å². The van der Waals surface area contributed by atoms with Gasteiger partial charge >= 0.3 is 0 Å². The molecule has 3 aromatic rings. The zero-order chi connectivity index (χ0) is 19.0. The fourth-order valence-electron chi connectivity index (χ4n) is 3.69. The lowest BCUT2D eigenvalue weighted by Crippen LogP contribution is -2.39. The molecule has 0 aromatic carbocycles. The fraction of sp³-hybridized carbons (Fsp3) is 0.421. The van der Waals surface area contributed by atoms with Crippen molar-refractivity contribution in [2.45, 2.75) is 46.1 Å². The molecule has 3 aromatic heterocycles. The third-order valence-electron chi connectivity index (χ3n) is 4.97. The predicted molar refractivity (Wildman–Crippen MR) is 98.0 cm³/mol. The Morgan fingerprint density at radius 1 is 1.26 bits per heavy atom. The van der Waals surface area contributed by atoms with Crippen molar-refractivity contribution in [3.8, 4) is 11.4 Å². The molecule has 1 saturated heterocycles. The van der Waals surface area contributed by atoms with Crippen molar-refractivity contribution in [2.75, 3.05) is 6.54 Å². The van der Waals surface area contributed by atoms with E-state index in [9.17, 15) is 4.79 Å². The standard InChI is InChI=1S/C19H22N6O2/c1-11-10-15(22-18(21-11)17-12(2)24-27-13(17)3)16-6-4-5-9-25(16)19(26)14-7-8-20-23-14/h7-8,10,16H,4-6,9H2,1-3H3,(H,20,23)/t16-/m1/s1. The minimum absolute atomic E-state index is 0.0487. The lowest BCUT2D eigenvalue weighted by atomic mass is 9.98. The molecule has 0 saturated carbocycles. The molecule has 1 amide bonds. The van der Waals surface area contributed by atoms with E-state index in [1.54, 1.807) is 12.3 Å². The molecule has 8 nitrogen and oxygen atoms in total. The largest absolute Gasteiger partial charge is 0.361 e. The van der Waals surface area contributed by atoms with Gasteiger partial charge in [-0.15, -0.1) is 0 Å². The maximum atomic E-state index is 12.9. The van der Waals surface area contributed by atoms with E-state index in [-0.39, 0.29) is 11.9 Å². The summed E-state index contributed by atoms with van der Waals surface area (Å²) in [4.78, 5) is 24.2. The van der Waals surface area contributed by atoms with Crippen LogP contribution in [0.5, 0.6) is 0 Å². The summed E-state index contributed by atoms with van der Waals surface area (Å²) >= 11 is 0. The number of amides is 1. The average Bonchev–Trinajstić information content (AvgIpc) is 3.31. The second-order valence-corrected chi connectivity index (χ2v) is 6.94. The SMILES string of the molecule is Cc1cc([C@H]2CCCCN2C(=O)c2ccn[nH]2)nc(-c2c(C)noc2C)n1. The van der Waals surface area contributed by atoms with E-state index in [0.29, 0.717) is 23.8 Å². The summed E-state index contributed by atoms with van der Waals surface area (Å²) in [6.07, 6.45) is 4.51. The summed E-state index contributed by atoms with van der Waals surface area (Å²) < 4.78 is 5.28. The van der Waals surface area contributed by atoms with Gasteiger partial charge in [-0.2, -0.15) is 5.10 Å². The minimum atomic E-state index is -0.0875. The number of H-pyrrole nitrogens is 1. The van der Waals surface area contributed by atoms with Crippen LogP contribution in [-0.4, -0.2) is 42.7 Å². The van der Waals surface area contributed by atoms with E-state index in [0.717, 1.165) is 41.9 Å². The normalized spacial score (nSPS) is 17.3. The van der Waals surface area contributed by atoms with Crippen molar-refractivity contribution in [3.63, 3.8) is 0 Å². The number of rotatable bonds is 3. The number of nitrogens with one attached hydrogen (secondary N) is 1. The number of carbonyl (C=O) groups excluding carboxylic acids is 1. The number of piperidine rings is 1. The predicted octanol–water partition coefficient (Wildman–Crippen LogP) is 3.15. The molecule has 140 valence electrons. The lowest BCUT2D eigenvalue weighted by molar-refractivity contribution is 0.0599. The number of aromatic amines is 1. The molecule has 1 aliphatic heterocycles. The van der Waals surface area contributed by atoms with Crippen LogP contribution < -0.4 is 0 Å². The molecule has 1 N–H and O–H groups in total. The van der Waals surface area contributed by atoms with Crippen molar-refractivity contribution >= 4 is 5.91 Å². The average molecular weight is 366 g/mol. The first-order chi connectivity index (χ1) is 13.0. The maximum Gasteiger partial charge on any atom is 0.272 e. The lowest BCUT2D eigenvalue weighted by Gasteiger charge is -2.35. The van der Waals surface area contributed by atoms with Crippen LogP contribution in [0.3, 0.4) is 0 Å². The number of nitrogens with zero attached hydrogens (tertiary/aromatic N) is 5. The van der Waals surface area contributed by atoms with Gasteiger partial charge < -0.3 is 9.42 Å². The van der Waals surface area contributed by atoms with Crippen molar-refractivity contribution in [3.05, 3.63) is 46.9 Å². The third kappa shape index (κ3) is 3.22. The third-order valence-corrected chi connectivity index (χ3v) is 4.97. The quantitative estimate of drug-likeness (QED) is 0.764. The van der Waals surface area contributed by atoms with Gasteiger partial charge in [-0.25, -0.2) is 9.97 Å². The van der Waals surface area contributed by atoms with Gasteiger partial charge in [0.25, 0.3) is 5.91 Å². The molecule has 0 unspecified atom stereocenters. The van der Waals surface area contributed by atoms with Gasteiger partial charge in [0.1, 0.15) is 11.5 Å². The first-order valence-electron chi connectivity index (χ1n) is 9.13. The smallest absolute Gasteiger partial charge is 0.272 e. The summed E-state index contributed by atoms with van der Waals surface area (Å²) in [6.45, 7) is 6.38. The summed E-state index contributed by atoms with van der Waals surface area (Å²) in [5, 5.41) is 10.7. The van der Waals surface area contributed by atoms with Crippen LogP contribution in [-0.2, 0) is 0 Å². The number of carbonyl (C=O) groups is 1. The number of hydrogen-bond acceptors (Lipinski definition) is 6. The molecule has 27 heavy (non-hydrogen) atoms. The van der Waals surface area contributed by atoms with Gasteiger partial charge in [-0.1, -0.05) is 5.16 Å². The monoisotopic (exact) mass is 366 g/mol. The molecule has 8 heteroatoms. The highest BCUT2D eigenvalue weighted by molar-refractivity contribution is 5.92. The van der Waals surface area contributed by atoms with Gasteiger partial charge in [-0.3, -0.25) is 9.89 Å². The fourth-order valence-corrected chi connectivity index (χ4v) is 3.69. The van der Waals surface area contributed by atoms with Gasteiger partial charge in [0, 0.05) is 18.4 Å². The Kier molecular flexibility index (Phi) is 4.47. The Bertz CT molecular complexity index is 943. The van der Waals surface area contributed by atoms with Crippen LogP contribution in [0.1, 0.15) is 58.6 Å². The Morgan fingerprint density at radius 2 is 2.11 bits per heavy atom. The van der Waals surface area contributed by atoms with Crippen molar-refractivity contribution < 1.29 is 9.32 Å². The molecule has 0 bridgehead atoms. The molecule has 1 atom stereocenters. The topological polar surface area (TPSA) is 101 Å². The number of hydrogen-bond donors (Lipinski definition) is 1. The molecule has 4 rings (SSSR count). The van der Waals surface area contributed by atoms with E-state index in [1.165, 1.54) is 0 Å². The molecule has 4 heterocycles. The highest BCUT2D eigenvalue weighted by atomic mass is 16.5. The molecule has 1 fully saturated rings. The van der Waals surface area contributed by atoms with Crippen molar-refractivity contribution in [1.29, 1.82) is 0 Å². The van der Waals surface area contributed by atoms with Crippen LogP contribution in [0.4, 0.5) is 0 Å². The number of aromatic nitrogens is 5. The molecule has 1 aliphatic rings. The van der Waals surface area contributed by atoms with Gasteiger partial charge in [0.2, 0.25) is 0 Å². The Balaban J connectivity index is 1.74. The second kappa shape index (κ2) is 6.94. The first kappa shape index (κ1) is 17.4. The van der Waals surface area contributed by atoms with Crippen LogP contribution >= 0.6 is 0 Å². The molecular formula is C19H22N6O2. The Hall–Kier alpha value is -3.03. The molecule has 0 aliphatic carbocycles. The zero-order valence-corrected chi connectivity index (χ0v) is 15.7. The molecule has 0 radical (unpaired) electrons. The second-order valence-electron chi connectivity index (χ2n) is 6.94. The summed E-state index contributed by atoms with van der Waals surface area (Å²) in [6, 6.07) is 3.58. The van der Waals surface area contributed by atoms with Crippen molar-refractivity contribution in [2.24, 2.45) is 0 Å². The van der Waals surface area contributed by atoms with Crippen molar-refractivity contribution in [1.82, 2.24) is 30.2 Å². The van der Waals surface area contributed by atoms with E-state index in [2.05, 4.69) is 20.3 Å². The van der Waals surface area contributed by atoms with E-state index >= 15 is 0 Å². The first-order valence-corrected chi connectivity index (χ1v) is 9.13. The van der Waals surface area contributed by atoms with E-state index in [4.69, 9.17) is 9.51 Å². The number of likely N-dealkylation sites (tertiary alicyclic amines) is 1.